The first-order valence-electron chi connectivity index (χ1n) is 6.91. The predicted molar refractivity (Wildman–Crippen MR) is 78.6 cm³/mol. The van der Waals surface area contributed by atoms with Gasteiger partial charge in [-0.25, -0.2) is 4.79 Å². The molecular weight excluding hydrogens is 268 g/mol. The van der Waals surface area contributed by atoms with Gasteiger partial charge in [0.05, 0.1) is 12.5 Å². The average Bonchev–Trinajstić information content (AvgIpc) is 2.98. The molecule has 1 aromatic carbocycles. The van der Waals surface area contributed by atoms with E-state index in [0.717, 1.165) is 12.0 Å². The van der Waals surface area contributed by atoms with Crippen molar-refractivity contribution in [2.24, 2.45) is 0 Å². The van der Waals surface area contributed by atoms with Crippen LogP contribution in [0.3, 0.4) is 0 Å². The zero-order valence-electron chi connectivity index (χ0n) is 11.9. The minimum Gasteiger partial charge on any atom is -0.357 e. The van der Waals surface area contributed by atoms with E-state index in [1.54, 1.807) is 36.2 Å². The second-order valence-corrected chi connectivity index (χ2v) is 4.93. The number of nitrogens with zero attached hydrogens (tertiary/aromatic N) is 2. The Balaban J connectivity index is 2.00. The summed E-state index contributed by atoms with van der Waals surface area (Å²) in [4.78, 5) is 25.5. The molecule has 1 saturated heterocycles. The van der Waals surface area contributed by atoms with Gasteiger partial charge in [0, 0.05) is 19.3 Å². The van der Waals surface area contributed by atoms with E-state index in [1.165, 1.54) is 0 Å². The molecule has 110 valence electrons. The fraction of sp³-hybridized carbons (Fsp3) is 0.400. The van der Waals surface area contributed by atoms with Crippen molar-refractivity contribution in [2.45, 2.75) is 25.3 Å². The minimum atomic E-state index is -0.395. The highest BCUT2D eigenvalue weighted by Gasteiger charge is 2.33. The van der Waals surface area contributed by atoms with Crippen molar-refractivity contribution in [1.82, 2.24) is 10.2 Å². The maximum absolute atomic E-state index is 12.2. The number of likely N-dealkylation sites (N-methyl/N-ethyl adjacent to an activating group) is 1. The van der Waals surface area contributed by atoms with Crippen LogP contribution in [0.5, 0.6) is 0 Å². The van der Waals surface area contributed by atoms with E-state index in [2.05, 4.69) is 16.7 Å². The minimum absolute atomic E-state index is 0.132. The molecule has 1 atom stereocenters. The summed E-state index contributed by atoms with van der Waals surface area (Å²) in [5, 5.41) is 14.0. The van der Waals surface area contributed by atoms with Crippen LogP contribution in [-0.2, 0) is 11.2 Å². The molecule has 0 spiro atoms. The zero-order valence-corrected chi connectivity index (χ0v) is 11.9. The third kappa shape index (κ3) is 3.51. The number of urea groups is 1. The fourth-order valence-electron chi connectivity index (χ4n) is 2.44. The summed E-state index contributed by atoms with van der Waals surface area (Å²) in [7, 11) is 1.57. The SMILES string of the molecule is CNC(=O)[C@H]1CCCN1C(=O)Nc1ccc(CC#N)cc1. The maximum atomic E-state index is 12.2. The van der Waals surface area contributed by atoms with Crippen LogP contribution in [0, 0.1) is 11.3 Å². The normalized spacial score (nSPS) is 17.1. The summed E-state index contributed by atoms with van der Waals surface area (Å²) in [6, 6.07) is 8.54. The lowest BCUT2D eigenvalue weighted by Gasteiger charge is -2.23. The van der Waals surface area contributed by atoms with Gasteiger partial charge in [-0.05, 0) is 30.5 Å². The predicted octanol–water partition coefficient (Wildman–Crippen LogP) is 1.49. The molecule has 0 unspecified atom stereocenters. The Morgan fingerprint density at radius 3 is 2.71 bits per heavy atom. The highest BCUT2D eigenvalue weighted by molar-refractivity contribution is 5.94. The molecule has 0 aromatic heterocycles. The monoisotopic (exact) mass is 286 g/mol. The van der Waals surface area contributed by atoms with E-state index in [9.17, 15) is 9.59 Å². The third-order valence-corrected chi connectivity index (χ3v) is 3.55. The molecule has 3 amide bonds. The van der Waals surface area contributed by atoms with Crippen molar-refractivity contribution < 1.29 is 9.59 Å². The summed E-state index contributed by atoms with van der Waals surface area (Å²) in [6.07, 6.45) is 1.86. The molecular formula is C15H18N4O2. The number of likely N-dealkylation sites (tertiary alicyclic amines) is 1. The number of hydrogen-bond acceptors (Lipinski definition) is 3. The molecule has 0 aliphatic carbocycles. The van der Waals surface area contributed by atoms with Gasteiger partial charge in [-0.15, -0.1) is 0 Å². The van der Waals surface area contributed by atoms with Gasteiger partial charge in [-0.2, -0.15) is 5.26 Å². The number of amides is 3. The Labute approximate surface area is 123 Å². The number of anilines is 1. The van der Waals surface area contributed by atoms with Gasteiger partial charge >= 0.3 is 6.03 Å². The van der Waals surface area contributed by atoms with Gasteiger partial charge in [0.2, 0.25) is 5.91 Å². The van der Waals surface area contributed by atoms with E-state index in [-0.39, 0.29) is 11.9 Å². The molecule has 2 N–H and O–H groups in total. The lowest BCUT2D eigenvalue weighted by molar-refractivity contribution is -0.124. The highest BCUT2D eigenvalue weighted by atomic mass is 16.2. The van der Waals surface area contributed by atoms with Crippen LogP contribution in [0.25, 0.3) is 0 Å². The summed E-state index contributed by atoms with van der Waals surface area (Å²) >= 11 is 0. The second kappa shape index (κ2) is 6.75. The van der Waals surface area contributed by atoms with E-state index in [0.29, 0.717) is 25.1 Å². The van der Waals surface area contributed by atoms with Gasteiger partial charge < -0.3 is 15.5 Å². The maximum Gasteiger partial charge on any atom is 0.322 e. The van der Waals surface area contributed by atoms with Gasteiger partial charge in [0.25, 0.3) is 0 Å². The summed E-state index contributed by atoms with van der Waals surface area (Å²) in [6.45, 7) is 0.580. The van der Waals surface area contributed by atoms with Crippen LogP contribution in [0.15, 0.2) is 24.3 Å². The summed E-state index contributed by atoms with van der Waals surface area (Å²) in [5.41, 5.74) is 1.56. The lowest BCUT2D eigenvalue weighted by atomic mass is 10.1. The number of benzene rings is 1. The van der Waals surface area contributed by atoms with Crippen molar-refractivity contribution in [1.29, 1.82) is 5.26 Å². The van der Waals surface area contributed by atoms with E-state index in [4.69, 9.17) is 5.26 Å². The Hall–Kier alpha value is -2.55. The number of nitrogens with one attached hydrogen (secondary N) is 2. The summed E-state index contributed by atoms with van der Waals surface area (Å²) in [5.74, 6) is -0.132. The standard InChI is InChI=1S/C15H18N4O2/c1-17-14(20)13-3-2-10-19(13)15(21)18-12-6-4-11(5-7-12)8-9-16/h4-7,13H,2-3,8,10H2,1H3,(H,17,20)(H,18,21)/t13-/m1/s1. The molecule has 1 aromatic rings. The Morgan fingerprint density at radius 1 is 1.38 bits per heavy atom. The molecule has 0 saturated carbocycles. The molecule has 21 heavy (non-hydrogen) atoms. The number of carbonyl (C=O) groups is 2. The molecule has 1 heterocycles. The van der Waals surface area contributed by atoms with Gasteiger partial charge in [0.15, 0.2) is 0 Å². The quantitative estimate of drug-likeness (QED) is 0.883. The lowest BCUT2D eigenvalue weighted by Crippen LogP contribution is -2.46. The zero-order chi connectivity index (χ0) is 15.2. The van der Waals surface area contributed by atoms with E-state index < -0.39 is 6.04 Å². The third-order valence-electron chi connectivity index (χ3n) is 3.55. The Morgan fingerprint density at radius 2 is 2.10 bits per heavy atom. The summed E-state index contributed by atoms with van der Waals surface area (Å²) < 4.78 is 0. The van der Waals surface area contributed by atoms with Crippen molar-refractivity contribution >= 4 is 17.6 Å². The Kier molecular flexibility index (Phi) is 4.77. The first kappa shape index (κ1) is 14.9. The van der Waals surface area contributed by atoms with Crippen LogP contribution in [0.2, 0.25) is 0 Å². The average molecular weight is 286 g/mol. The van der Waals surface area contributed by atoms with Gasteiger partial charge in [-0.1, -0.05) is 12.1 Å². The van der Waals surface area contributed by atoms with Crippen LogP contribution >= 0.6 is 0 Å². The topological polar surface area (TPSA) is 85.2 Å². The van der Waals surface area contributed by atoms with Crippen molar-refractivity contribution in [2.75, 3.05) is 18.9 Å². The smallest absolute Gasteiger partial charge is 0.322 e. The number of carbonyl (C=O) groups excluding carboxylic acids is 2. The fourth-order valence-corrected chi connectivity index (χ4v) is 2.44. The van der Waals surface area contributed by atoms with Crippen LogP contribution < -0.4 is 10.6 Å². The van der Waals surface area contributed by atoms with E-state index >= 15 is 0 Å². The molecule has 6 nitrogen and oxygen atoms in total. The molecule has 6 heteroatoms. The van der Waals surface area contributed by atoms with Crippen molar-refractivity contribution in [3.63, 3.8) is 0 Å². The first-order chi connectivity index (χ1) is 10.2. The molecule has 0 radical (unpaired) electrons. The molecule has 0 bridgehead atoms. The van der Waals surface area contributed by atoms with Crippen LogP contribution in [0.1, 0.15) is 18.4 Å². The van der Waals surface area contributed by atoms with Crippen molar-refractivity contribution in [3.05, 3.63) is 29.8 Å². The Bertz CT molecular complexity index is 562. The van der Waals surface area contributed by atoms with Crippen LogP contribution in [0.4, 0.5) is 10.5 Å². The first-order valence-corrected chi connectivity index (χ1v) is 6.91. The van der Waals surface area contributed by atoms with E-state index in [1.807, 2.05) is 0 Å². The molecule has 1 aliphatic heterocycles. The molecule has 1 aliphatic rings. The number of hydrogen-bond donors (Lipinski definition) is 2. The van der Waals surface area contributed by atoms with Gasteiger partial charge in [0.1, 0.15) is 6.04 Å². The molecule has 1 fully saturated rings. The molecule has 2 rings (SSSR count). The largest absolute Gasteiger partial charge is 0.357 e. The second-order valence-electron chi connectivity index (χ2n) is 4.93. The number of rotatable bonds is 3. The van der Waals surface area contributed by atoms with Gasteiger partial charge in [-0.3, -0.25) is 4.79 Å². The highest BCUT2D eigenvalue weighted by Crippen LogP contribution is 2.19. The van der Waals surface area contributed by atoms with Crippen molar-refractivity contribution in [3.8, 4) is 6.07 Å². The number of nitriles is 1. The van der Waals surface area contributed by atoms with Crippen LogP contribution in [-0.4, -0.2) is 36.5 Å².